The Bertz CT molecular complexity index is 386. The summed E-state index contributed by atoms with van der Waals surface area (Å²) in [5, 5.41) is 2.89. The van der Waals surface area contributed by atoms with E-state index in [0.29, 0.717) is 18.0 Å². The van der Waals surface area contributed by atoms with Crippen LogP contribution >= 0.6 is 0 Å². The molecule has 0 aliphatic carbocycles. The molecular weight excluding hydrogens is 218 g/mol. The van der Waals surface area contributed by atoms with Crippen LogP contribution in [0.5, 0.6) is 5.75 Å². The first-order chi connectivity index (χ1) is 8.31. The van der Waals surface area contributed by atoms with Gasteiger partial charge in [0.2, 0.25) is 5.91 Å². The molecule has 4 nitrogen and oxygen atoms in total. The summed E-state index contributed by atoms with van der Waals surface area (Å²) in [6.07, 6.45) is 1.84. The van der Waals surface area contributed by atoms with Gasteiger partial charge in [0.25, 0.3) is 0 Å². The summed E-state index contributed by atoms with van der Waals surface area (Å²) in [5.74, 6) is 0.639. The molecule has 92 valence electrons. The minimum absolute atomic E-state index is 0.00852. The molecule has 1 amide bonds. The highest BCUT2D eigenvalue weighted by Crippen LogP contribution is 2.24. The molecule has 1 aromatic carbocycles. The second kappa shape index (κ2) is 5.68. The number of nitrogens with one attached hydrogen (secondary N) is 1. The highest BCUT2D eigenvalue weighted by molar-refractivity contribution is 5.94. The predicted molar refractivity (Wildman–Crippen MR) is 65.2 cm³/mol. The summed E-state index contributed by atoms with van der Waals surface area (Å²) in [6.45, 7) is 1.28. The van der Waals surface area contributed by atoms with Gasteiger partial charge >= 0.3 is 0 Å². The van der Waals surface area contributed by atoms with Crippen LogP contribution in [0.2, 0.25) is 0 Å². The van der Waals surface area contributed by atoms with Crippen LogP contribution in [0.1, 0.15) is 12.8 Å². The lowest BCUT2D eigenvalue weighted by Gasteiger charge is -2.21. The van der Waals surface area contributed by atoms with Crippen LogP contribution in [0.25, 0.3) is 0 Å². The van der Waals surface area contributed by atoms with Crippen LogP contribution < -0.4 is 10.1 Å². The Morgan fingerprint density at radius 3 is 3.00 bits per heavy atom. The van der Waals surface area contributed by atoms with Crippen molar-refractivity contribution < 1.29 is 14.3 Å². The molecule has 1 aromatic rings. The fraction of sp³-hybridized carbons (Fsp3) is 0.462. The smallest absolute Gasteiger partial charge is 0.229 e. The van der Waals surface area contributed by atoms with E-state index in [0.717, 1.165) is 19.4 Å². The summed E-state index contributed by atoms with van der Waals surface area (Å²) < 4.78 is 10.5. The lowest BCUT2D eigenvalue weighted by Crippen LogP contribution is -2.30. The van der Waals surface area contributed by atoms with Gasteiger partial charge in [-0.1, -0.05) is 12.1 Å². The maximum absolute atomic E-state index is 12.0. The molecule has 1 aliphatic rings. The second-order valence-corrected chi connectivity index (χ2v) is 4.10. The molecule has 1 atom stereocenters. The standard InChI is InChI=1S/C13H17NO3/c1-16-12-7-3-2-6-11(12)14-13(15)10-5-4-8-17-9-10/h2-3,6-7,10H,4-5,8-9H2,1H3,(H,14,15). The summed E-state index contributed by atoms with van der Waals surface area (Å²) in [5.41, 5.74) is 0.713. The number of carbonyl (C=O) groups is 1. The first kappa shape index (κ1) is 11.9. The van der Waals surface area contributed by atoms with Gasteiger partial charge in [0, 0.05) is 6.61 Å². The zero-order valence-corrected chi connectivity index (χ0v) is 9.94. The van der Waals surface area contributed by atoms with Gasteiger partial charge in [0.05, 0.1) is 25.3 Å². The molecule has 1 fully saturated rings. The van der Waals surface area contributed by atoms with Crippen molar-refractivity contribution in [3.8, 4) is 5.75 Å². The number of rotatable bonds is 3. The average molecular weight is 235 g/mol. The third-order valence-electron chi connectivity index (χ3n) is 2.90. The van der Waals surface area contributed by atoms with Crippen molar-refractivity contribution in [2.24, 2.45) is 5.92 Å². The fourth-order valence-electron chi connectivity index (χ4n) is 1.93. The number of methoxy groups -OCH3 is 1. The van der Waals surface area contributed by atoms with E-state index in [2.05, 4.69) is 5.32 Å². The normalized spacial score (nSPS) is 19.7. The number of hydrogen-bond acceptors (Lipinski definition) is 3. The van der Waals surface area contributed by atoms with E-state index >= 15 is 0 Å². The number of para-hydroxylation sites is 2. The summed E-state index contributed by atoms with van der Waals surface area (Å²) in [6, 6.07) is 7.40. The summed E-state index contributed by atoms with van der Waals surface area (Å²) in [4.78, 5) is 12.0. The van der Waals surface area contributed by atoms with Gasteiger partial charge in [-0.2, -0.15) is 0 Å². The van der Waals surface area contributed by atoms with Gasteiger partial charge in [0.15, 0.2) is 0 Å². The van der Waals surface area contributed by atoms with Gasteiger partial charge in [-0.05, 0) is 25.0 Å². The van der Waals surface area contributed by atoms with E-state index in [1.54, 1.807) is 7.11 Å². The molecule has 1 unspecified atom stereocenters. The molecule has 1 heterocycles. The molecule has 17 heavy (non-hydrogen) atoms. The molecular formula is C13H17NO3. The van der Waals surface area contributed by atoms with Crippen LogP contribution in [-0.2, 0) is 9.53 Å². The number of ether oxygens (including phenoxy) is 2. The van der Waals surface area contributed by atoms with E-state index in [1.165, 1.54) is 0 Å². The number of carbonyl (C=O) groups excluding carboxylic acids is 1. The molecule has 1 aliphatic heterocycles. The van der Waals surface area contributed by atoms with Crippen molar-refractivity contribution in [2.75, 3.05) is 25.6 Å². The molecule has 0 aromatic heterocycles. The topological polar surface area (TPSA) is 47.6 Å². The first-order valence-corrected chi connectivity index (χ1v) is 5.83. The SMILES string of the molecule is COc1ccccc1NC(=O)C1CCCOC1. The maximum atomic E-state index is 12.0. The van der Waals surface area contributed by atoms with Crippen molar-refractivity contribution in [3.63, 3.8) is 0 Å². The van der Waals surface area contributed by atoms with Crippen LogP contribution in [0.15, 0.2) is 24.3 Å². The third kappa shape index (κ3) is 2.97. The van der Waals surface area contributed by atoms with Crippen molar-refractivity contribution in [3.05, 3.63) is 24.3 Å². The molecule has 2 rings (SSSR count). The first-order valence-electron chi connectivity index (χ1n) is 5.83. The molecule has 1 N–H and O–H groups in total. The van der Waals surface area contributed by atoms with Crippen LogP contribution in [-0.4, -0.2) is 26.2 Å². The predicted octanol–water partition coefficient (Wildman–Crippen LogP) is 2.06. The summed E-state index contributed by atoms with van der Waals surface area (Å²) in [7, 11) is 1.59. The Hall–Kier alpha value is -1.55. The number of amides is 1. The minimum atomic E-state index is -0.0475. The molecule has 1 saturated heterocycles. The Morgan fingerprint density at radius 1 is 1.47 bits per heavy atom. The van der Waals surface area contributed by atoms with Gasteiger partial charge < -0.3 is 14.8 Å². The largest absolute Gasteiger partial charge is 0.495 e. The van der Waals surface area contributed by atoms with E-state index in [1.807, 2.05) is 24.3 Å². The second-order valence-electron chi connectivity index (χ2n) is 4.10. The number of hydrogen-bond donors (Lipinski definition) is 1. The monoisotopic (exact) mass is 235 g/mol. The maximum Gasteiger partial charge on any atom is 0.229 e. The Labute approximate surface area is 101 Å². The van der Waals surface area contributed by atoms with Crippen molar-refractivity contribution in [2.45, 2.75) is 12.8 Å². The number of benzene rings is 1. The minimum Gasteiger partial charge on any atom is -0.495 e. The lowest BCUT2D eigenvalue weighted by molar-refractivity contribution is -0.123. The third-order valence-corrected chi connectivity index (χ3v) is 2.90. The van der Waals surface area contributed by atoms with E-state index in [9.17, 15) is 4.79 Å². The highest BCUT2D eigenvalue weighted by Gasteiger charge is 2.22. The van der Waals surface area contributed by atoms with E-state index < -0.39 is 0 Å². The van der Waals surface area contributed by atoms with Gasteiger partial charge in [-0.3, -0.25) is 4.79 Å². The highest BCUT2D eigenvalue weighted by atomic mass is 16.5. The molecule has 0 spiro atoms. The molecule has 0 bridgehead atoms. The zero-order valence-electron chi connectivity index (χ0n) is 9.94. The molecule has 0 radical (unpaired) electrons. The quantitative estimate of drug-likeness (QED) is 0.872. The Balaban J connectivity index is 2.01. The molecule has 4 heteroatoms. The van der Waals surface area contributed by atoms with Crippen LogP contribution in [0.3, 0.4) is 0 Å². The van der Waals surface area contributed by atoms with Gasteiger partial charge in [-0.25, -0.2) is 0 Å². The van der Waals surface area contributed by atoms with Crippen LogP contribution in [0.4, 0.5) is 5.69 Å². The van der Waals surface area contributed by atoms with Crippen molar-refractivity contribution >= 4 is 11.6 Å². The number of anilines is 1. The lowest BCUT2D eigenvalue weighted by atomic mass is 10.0. The molecule has 0 saturated carbocycles. The average Bonchev–Trinajstić information content (AvgIpc) is 2.40. The fourth-order valence-corrected chi connectivity index (χ4v) is 1.93. The van der Waals surface area contributed by atoms with Crippen molar-refractivity contribution in [1.82, 2.24) is 0 Å². The summed E-state index contributed by atoms with van der Waals surface area (Å²) >= 11 is 0. The van der Waals surface area contributed by atoms with Crippen molar-refractivity contribution in [1.29, 1.82) is 0 Å². The Morgan fingerprint density at radius 2 is 2.29 bits per heavy atom. The van der Waals surface area contributed by atoms with E-state index in [4.69, 9.17) is 9.47 Å². The van der Waals surface area contributed by atoms with E-state index in [-0.39, 0.29) is 11.8 Å². The van der Waals surface area contributed by atoms with Gasteiger partial charge in [0.1, 0.15) is 5.75 Å². The van der Waals surface area contributed by atoms with Crippen LogP contribution in [0, 0.1) is 5.92 Å². The van der Waals surface area contributed by atoms with Gasteiger partial charge in [-0.15, -0.1) is 0 Å². The Kier molecular flexibility index (Phi) is 3.98. The zero-order chi connectivity index (χ0) is 12.1.